The monoisotopic (exact) mass is 330 g/mol. The first-order valence-electron chi connectivity index (χ1n) is 8.56. The van der Waals surface area contributed by atoms with Crippen LogP contribution in [0.5, 0.6) is 0 Å². The number of aromatic nitrogens is 1. The Labute approximate surface area is 151 Å². The smallest absolute Gasteiger partial charge is 0.0991 e. The van der Waals surface area contributed by atoms with E-state index in [0.29, 0.717) is 5.56 Å². The van der Waals surface area contributed by atoms with Gasteiger partial charge in [-0.15, -0.1) is 0 Å². The molecule has 0 aliphatic rings. The van der Waals surface area contributed by atoms with Crippen LogP contribution in [-0.2, 0) is 0 Å². The van der Waals surface area contributed by atoms with Gasteiger partial charge in [0.05, 0.1) is 22.8 Å². The van der Waals surface area contributed by atoms with Crippen LogP contribution < -0.4 is 0 Å². The molecule has 5 aromatic rings. The molecule has 0 amide bonds. The average molecular weight is 330 g/mol. The fourth-order valence-corrected chi connectivity index (χ4v) is 3.64. The van der Waals surface area contributed by atoms with Crippen molar-refractivity contribution < 1.29 is 0 Å². The number of hydrogen-bond acceptors (Lipinski definition) is 2. The molecule has 1 aromatic heterocycles. The number of nitriles is 1. The Bertz CT molecular complexity index is 1310. The minimum atomic E-state index is 0.657. The van der Waals surface area contributed by atoms with Crippen molar-refractivity contribution >= 4 is 32.4 Å². The maximum Gasteiger partial charge on any atom is 0.0991 e. The second kappa shape index (κ2) is 5.68. The van der Waals surface area contributed by atoms with Crippen molar-refractivity contribution in [3.05, 3.63) is 90.5 Å². The van der Waals surface area contributed by atoms with Crippen molar-refractivity contribution in [1.82, 2.24) is 4.98 Å². The molecule has 1 heterocycles. The third kappa shape index (κ3) is 2.15. The molecule has 0 aliphatic carbocycles. The zero-order valence-electron chi connectivity index (χ0n) is 14.0. The highest BCUT2D eigenvalue weighted by Gasteiger charge is 2.12. The van der Waals surface area contributed by atoms with E-state index in [4.69, 9.17) is 10.2 Å². The van der Waals surface area contributed by atoms with Crippen LogP contribution in [-0.4, -0.2) is 4.98 Å². The summed E-state index contributed by atoms with van der Waals surface area (Å²) in [5.41, 5.74) is 3.61. The Hall–Kier alpha value is -3.70. The van der Waals surface area contributed by atoms with E-state index in [1.807, 2.05) is 30.3 Å². The molecular weight excluding hydrogens is 316 g/mol. The summed E-state index contributed by atoms with van der Waals surface area (Å²) in [6.07, 6.45) is 0. The minimum absolute atomic E-state index is 0.657. The van der Waals surface area contributed by atoms with E-state index in [-0.39, 0.29) is 0 Å². The van der Waals surface area contributed by atoms with Crippen LogP contribution in [0.1, 0.15) is 5.56 Å². The van der Waals surface area contributed by atoms with Crippen LogP contribution >= 0.6 is 0 Å². The molecule has 0 saturated carbocycles. The highest BCUT2D eigenvalue weighted by atomic mass is 14.7. The zero-order valence-corrected chi connectivity index (χ0v) is 14.0. The largest absolute Gasteiger partial charge is 0.247 e. The summed E-state index contributed by atoms with van der Waals surface area (Å²) in [5.74, 6) is 0. The molecule has 0 radical (unpaired) electrons. The summed E-state index contributed by atoms with van der Waals surface area (Å²) < 4.78 is 0. The van der Waals surface area contributed by atoms with Crippen molar-refractivity contribution in [2.45, 2.75) is 0 Å². The van der Waals surface area contributed by atoms with Gasteiger partial charge in [0.25, 0.3) is 0 Å². The van der Waals surface area contributed by atoms with E-state index in [1.165, 1.54) is 16.2 Å². The second-order valence-corrected chi connectivity index (χ2v) is 6.38. The molecular formula is C24H14N2. The van der Waals surface area contributed by atoms with Crippen LogP contribution in [0, 0.1) is 11.3 Å². The first kappa shape index (κ1) is 14.6. The number of nitrogens with zero attached hydrogens (tertiary/aromatic N) is 2. The summed E-state index contributed by atoms with van der Waals surface area (Å²) in [7, 11) is 0. The van der Waals surface area contributed by atoms with Gasteiger partial charge in [0.1, 0.15) is 0 Å². The number of hydrogen-bond donors (Lipinski definition) is 0. The third-order valence-corrected chi connectivity index (χ3v) is 4.88. The lowest BCUT2D eigenvalue weighted by atomic mass is 9.95. The summed E-state index contributed by atoms with van der Waals surface area (Å²) >= 11 is 0. The van der Waals surface area contributed by atoms with Gasteiger partial charge in [0.15, 0.2) is 0 Å². The number of para-hydroxylation sites is 1. The predicted octanol–water partition coefficient (Wildman–Crippen LogP) is 6.08. The maximum atomic E-state index is 9.06. The fourth-order valence-electron chi connectivity index (χ4n) is 3.64. The standard InChI is InChI=1S/C24H14N2/c25-15-16-9-11-18(12-10-16)24-21-14-13-17-5-1-2-6-19(17)23(21)20-7-3-4-8-22(20)26-24/h1-14H. The van der Waals surface area contributed by atoms with Crippen molar-refractivity contribution in [2.24, 2.45) is 0 Å². The molecule has 0 aliphatic heterocycles. The maximum absolute atomic E-state index is 9.06. The number of pyridine rings is 1. The van der Waals surface area contributed by atoms with E-state index in [2.05, 4.69) is 60.7 Å². The lowest BCUT2D eigenvalue weighted by Gasteiger charge is -2.12. The lowest BCUT2D eigenvalue weighted by molar-refractivity contribution is 1.42. The Morgan fingerprint density at radius 2 is 1.38 bits per heavy atom. The van der Waals surface area contributed by atoms with Gasteiger partial charge in [0, 0.05) is 21.7 Å². The first-order valence-corrected chi connectivity index (χ1v) is 8.56. The van der Waals surface area contributed by atoms with E-state index in [1.54, 1.807) is 0 Å². The normalized spacial score (nSPS) is 11.0. The number of fused-ring (bicyclic) bond motifs is 5. The number of rotatable bonds is 1. The van der Waals surface area contributed by atoms with Gasteiger partial charge in [-0.05, 0) is 29.0 Å². The molecule has 0 unspecified atom stereocenters. The van der Waals surface area contributed by atoms with Gasteiger partial charge in [-0.25, -0.2) is 4.98 Å². The molecule has 120 valence electrons. The predicted molar refractivity (Wildman–Crippen MR) is 107 cm³/mol. The molecule has 0 bridgehead atoms. The summed E-state index contributed by atoms with van der Waals surface area (Å²) in [4.78, 5) is 4.95. The van der Waals surface area contributed by atoms with Gasteiger partial charge in [-0.1, -0.05) is 66.7 Å². The van der Waals surface area contributed by atoms with Crippen molar-refractivity contribution in [3.63, 3.8) is 0 Å². The third-order valence-electron chi connectivity index (χ3n) is 4.88. The highest BCUT2D eigenvalue weighted by Crippen LogP contribution is 2.36. The minimum Gasteiger partial charge on any atom is -0.247 e. The molecule has 0 fully saturated rings. The molecule has 2 nitrogen and oxygen atoms in total. The first-order chi connectivity index (χ1) is 12.8. The van der Waals surface area contributed by atoms with Crippen LogP contribution in [0.3, 0.4) is 0 Å². The van der Waals surface area contributed by atoms with Crippen LogP contribution in [0.2, 0.25) is 0 Å². The topological polar surface area (TPSA) is 36.7 Å². The van der Waals surface area contributed by atoms with E-state index >= 15 is 0 Å². The van der Waals surface area contributed by atoms with Crippen molar-refractivity contribution in [3.8, 4) is 17.3 Å². The molecule has 0 spiro atoms. The van der Waals surface area contributed by atoms with Crippen molar-refractivity contribution in [2.75, 3.05) is 0 Å². The lowest BCUT2D eigenvalue weighted by Crippen LogP contribution is -1.91. The molecule has 0 N–H and O–H groups in total. The molecule has 4 aromatic carbocycles. The molecule has 26 heavy (non-hydrogen) atoms. The number of benzene rings is 4. The van der Waals surface area contributed by atoms with Gasteiger partial charge in [-0.3, -0.25) is 0 Å². The molecule has 5 rings (SSSR count). The summed E-state index contributed by atoms with van der Waals surface area (Å²) in [5, 5.41) is 15.0. The van der Waals surface area contributed by atoms with Crippen molar-refractivity contribution in [1.29, 1.82) is 5.26 Å². The Balaban J connectivity index is 1.97. The van der Waals surface area contributed by atoms with Gasteiger partial charge in [0.2, 0.25) is 0 Å². The van der Waals surface area contributed by atoms with E-state index in [0.717, 1.165) is 27.5 Å². The van der Waals surface area contributed by atoms with Crippen LogP contribution in [0.15, 0.2) is 84.9 Å². The highest BCUT2D eigenvalue weighted by molar-refractivity contribution is 6.22. The van der Waals surface area contributed by atoms with Crippen LogP contribution in [0.4, 0.5) is 0 Å². The fraction of sp³-hybridized carbons (Fsp3) is 0. The average Bonchev–Trinajstić information content (AvgIpc) is 2.73. The molecule has 2 heteroatoms. The zero-order chi connectivity index (χ0) is 17.5. The second-order valence-electron chi connectivity index (χ2n) is 6.38. The Kier molecular flexibility index (Phi) is 3.20. The van der Waals surface area contributed by atoms with E-state index in [9.17, 15) is 0 Å². The molecule has 0 saturated heterocycles. The Morgan fingerprint density at radius 1 is 0.654 bits per heavy atom. The van der Waals surface area contributed by atoms with Gasteiger partial charge in [-0.2, -0.15) is 5.26 Å². The Morgan fingerprint density at radius 3 is 2.19 bits per heavy atom. The van der Waals surface area contributed by atoms with Gasteiger partial charge < -0.3 is 0 Å². The summed E-state index contributed by atoms with van der Waals surface area (Å²) in [6.45, 7) is 0. The summed E-state index contributed by atoms with van der Waals surface area (Å²) in [6, 6.07) is 30.9. The van der Waals surface area contributed by atoms with Crippen LogP contribution in [0.25, 0.3) is 43.7 Å². The quantitative estimate of drug-likeness (QED) is 0.349. The van der Waals surface area contributed by atoms with E-state index < -0.39 is 0 Å². The molecule has 0 atom stereocenters. The SMILES string of the molecule is N#Cc1ccc(-c2nc3ccccc3c3c2ccc2ccccc23)cc1. The van der Waals surface area contributed by atoms with Gasteiger partial charge >= 0.3 is 0 Å².